The molecule has 1 rings (SSSR count). The number of nitro groups is 2. The van der Waals surface area contributed by atoms with Crippen molar-refractivity contribution in [3.8, 4) is 0 Å². The van der Waals surface area contributed by atoms with Crippen molar-refractivity contribution in [3.63, 3.8) is 0 Å². The summed E-state index contributed by atoms with van der Waals surface area (Å²) in [4.78, 5) is 20.0. The topological polar surface area (TPSA) is 98.3 Å². The summed E-state index contributed by atoms with van der Waals surface area (Å²) < 4.78 is 0. The Hall–Kier alpha value is -2.70. The summed E-state index contributed by atoms with van der Waals surface area (Å²) in [6.07, 6.45) is 6.70. The number of nitrogens with one attached hydrogen (secondary N) is 1. The van der Waals surface area contributed by atoms with Gasteiger partial charge in [0, 0.05) is 12.3 Å². The summed E-state index contributed by atoms with van der Waals surface area (Å²) in [5.41, 5.74) is -0.453. The second-order valence-corrected chi connectivity index (χ2v) is 3.24. The summed E-state index contributed by atoms with van der Waals surface area (Å²) in [7, 11) is 0. The molecule has 0 bridgehead atoms. The van der Waals surface area contributed by atoms with Gasteiger partial charge in [-0.25, -0.2) is 0 Å². The van der Waals surface area contributed by atoms with Gasteiger partial charge in [0.15, 0.2) is 0 Å². The molecule has 0 aromatic heterocycles. The van der Waals surface area contributed by atoms with Crippen molar-refractivity contribution < 1.29 is 9.85 Å². The molecular weight excluding hydrogens is 238 g/mol. The van der Waals surface area contributed by atoms with Crippen LogP contribution in [0.1, 0.15) is 6.92 Å². The largest absolute Gasteiger partial charge is 0.356 e. The first-order valence-electron chi connectivity index (χ1n) is 5.03. The van der Waals surface area contributed by atoms with Crippen LogP contribution in [0, 0.1) is 20.2 Å². The SMILES string of the molecule is C/C=C\C=C/Nc1ccc([N+](=O)[O-])cc1[N+](=O)[O-]. The van der Waals surface area contributed by atoms with Gasteiger partial charge in [0.25, 0.3) is 11.4 Å². The standard InChI is InChI=1S/C11H11N3O4/c1-2-3-4-7-12-10-6-5-9(13(15)16)8-11(10)14(17)18/h2-8,12H,1H3/b3-2-,7-4-. The highest BCUT2D eigenvalue weighted by molar-refractivity contribution is 5.66. The lowest BCUT2D eigenvalue weighted by Gasteiger charge is -2.01. The van der Waals surface area contributed by atoms with Crippen molar-refractivity contribution >= 4 is 17.1 Å². The smallest absolute Gasteiger partial charge is 0.299 e. The Balaban J connectivity index is 3.04. The molecule has 7 nitrogen and oxygen atoms in total. The average molecular weight is 249 g/mol. The molecule has 0 spiro atoms. The van der Waals surface area contributed by atoms with E-state index in [2.05, 4.69) is 5.32 Å². The Morgan fingerprint density at radius 1 is 1.17 bits per heavy atom. The van der Waals surface area contributed by atoms with Crippen molar-refractivity contribution in [2.75, 3.05) is 5.32 Å². The molecule has 1 aromatic carbocycles. The Kier molecular flexibility index (Phi) is 4.56. The minimum absolute atomic E-state index is 0.200. The van der Waals surface area contributed by atoms with E-state index >= 15 is 0 Å². The Bertz CT molecular complexity index is 523. The van der Waals surface area contributed by atoms with E-state index in [1.54, 1.807) is 18.2 Å². The van der Waals surface area contributed by atoms with Gasteiger partial charge in [0.2, 0.25) is 0 Å². The first-order chi connectivity index (χ1) is 8.56. The first kappa shape index (κ1) is 13.4. The zero-order valence-corrected chi connectivity index (χ0v) is 9.57. The van der Waals surface area contributed by atoms with Gasteiger partial charge in [-0.3, -0.25) is 20.2 Å². The molecule has 0 saturated carbocycles. The van der Waals surface area contributed by atoms with Gasteiger partial charge in [-0.15, -0.1) is 0 Å². The van der Waals surface area contributed by atoms with Crippen molar-refractivity contribution in [1.29, 1.82) is 0 Å². The van der Waals surface area contributed by atoms with Crippen LogP contribution in [0.3, 0.4) is 0 Å². The molecule has 0 aliphatic rings. The second kappa shape index (κ2) is 6.14. The van der Waals surface area contributed by atoms with Crippen LogP contribution < -0.4 is 5.32 Å². The third-order valence-electron chi connectivity index (χ3n) is 2.03. The normalized spacial score (nSPS) is 10.9. The van der Waals surface area contributed by atoms with E-state index in [1.165, 1.54) is 18.3 Å². The van der Waals surface area contributed by atoms with E-state index < -0.39 is 9.85 Å². The van der Waals surface area contributed by atoms with E-state index in [9.17, 15) is 20.2 Å². The summed E-state index contributed by atoms with van der Waals surface area (Å²) in [5, 5.41) is 24.0. The van der Waals surface area contributed by atoms with Gasteiger partial charge in [0.1, 0.15) is 5.69 Å². The molecule has 1 N–H and O–H groups in total. The molecular formula is C11H11N3O4. The number of hydrogen-bond donors (Lipinski definition) is 1. The molecule has 0 unspecified atom stereocenters. The Morgan fingerprint density at radius 2 is 1.89 bits per heavy atom. The average Bonchev–Trinajstić information content (AvgIpc) is 2.34. The number of nitrogens with zero attached hydrogens (tertiary/aromatic N) is 2. The highest BCUT2D eigenvalue weighted by Crippen LogP contribution is 2.28. The fraction of sp³-hybridized carbons (Fsp3) is 0.0909. The molecule has 0 fully saturated rings. The van der Waals surface area contributed by atoms with E-state index in [-0.39, 0.29) is 17.1 Å². The summed E-state index contributed by atoms with van der Waals surface area (Å²) in [6, 6.07) is 3.43. The van der Waals surface area contributed by atoms with E-state index in [0.717, 1.165) is 6.07 Å². The Labute approximate surface area is 103 Å². The molecule has 1 aromatic rings. The number of allylic oxidation sites excluding steroid dienone is 3. The maximum atomic E-state index is 10.8. The zero-order valence-electron chi connectivity index (χ0n) is 9.57. The minimum Gasteiger partial charge on any atom is -0.356 e. The monoisotopic (exact) mass is 249 g/mol. The number of benzene rings is 1. The van der Waals surface area contributed by atoms with Crippen molar-refractivity contribution in [2.45, 2.75) is 6.92 Å². The minimum atomic E-state index is -0.674. The van der Waals surface area contributed by atoms with Crippen LogP contribution in [0.15, 0.2) is 42.6 Å². The molecule has 0 aliphatic heterocycles. The van der Waals surface area contributed by atoms with Gasteiger partial charge in [-0.05, 0) is 19.1 Å². The van der Waals surface area contributed by atoms with Crippen molar-refractivity contribution in [3.05, 3.63) is 62.9 Å². The van der Waals surface area contributed by atoms with Crippen LogP contribution in [0.4, 0.5) is 17.1 Å². The number of non-ortho nitro benzene ring substituents is 1. The zero-order chi connectivity index (χ0) is 13.5. The molecule has 0 saturated heterocycles. The summed E-state index contributed by atoms with van der Waals surface area (Å²) in [5.74, 6) is 0. The quantitative estimate of drug-likeness (QED) is 0.491. The molecule has 94 valence electrons. The van der Waals surface area contributed by atoms with Gasteiger partial charge in [0.05, 0.1) is 15.9 Å². The van der Waals surface area contributed by atoms with Gasteiger partial charge in [-0.1, -0.05) is 12.2 Å². The van der Waals surface area contributed by atoms with E-state index in [1.807, 2.05) is 6.92 Å². The molecule has 0 aliphatic carbocycles. The van der Waals surface area contributed by atoms with Gasteiger partial charge in [-0.2, -0.15) is 0 Å². The van der Waals surface area contributed by atoms with Crippen LogP contribution in [0.5, 0.6) is 0 Å². The van der Waals surface area contributed by atoms with Crippen LogP contribution in [0.25, 0.3) is 0 Å². The second-order valence-electron chi connectivity index (χ2n) is 3.24. The third kappa shape index (κ3) is 3.41. The van der Waals surface area contributed by atoms with Gasteiger partial charge >= 0.3 is 0 Å². The third-order valence-corrected chi connectivity index (χ3v) is 2.03. The van der Waals surface area contributed by atoms with Gasteiger partial charge < -0.3 is 5.32 Å². The Morgan fingerprint density at radius 3 is 2.44 bits per heavy atom. The molecule has 0 radical (unpaired) electrons. The number of hydrogen-bond acceptors (Lipinski definition) is 5. The highest BCUT2D eigenvalue weighted by Gasteiger charge is 2.18. The fourth-order valence-corrected chi connectivity index (χ4v) is 1.21. The van der Waals surface area contributed by atoms with Crippen LogP contribution in [-0.4, -0.2) is 9.85 Å². The highest BCUT2D eigenvalue weighted by atomic mass is 16.6. The predicted octanol–water partition coefficient (Wildman–Crippen LogP) is 3.00. The lowest BCUT2D eigenvalue weighted by atomic mass is 10.2. The number of rotatable bonds is 5. The maximum absolute atomic E-state index is 10.8. The van der Waals surface area contributed by atoms with Crippen molar-refractivity contribution in [2.24, 2.45) is 0 Å². The fourth-order valence-electron chi connectivity index (χ4n) is 1.21. The summed E-state index contributed by atoms with van der Waals surface area (Å²) >= 11 is 0. The van der Waals surface area contributed by atoms with Crippen LogP contribution >= 0.6 is 0 Å². The molecule has 7 heteroatoms. The first-order valence-corrected chi connectivity index (χ1v) is 5.03. The lowest BCUT2D eigenvalue weighted by Crippen LogP contribution is -1.97. The van der Waals surface area contributed by atoms with Crippen LogP contribution in [0.2, 0.25) is 0 Å². The summed E-state index contributed by atoms with van der Waals surface area (Å²) in [6.45, 7) is 1.83. The van der Waals surface area contributed by atoms with E-state index in [4.69, 9.17) is 0 Å². The molecule has 0 atom stereocenters. The molecule has 18 heavy (non-hydrogen) atoms. The number of anilines is 1. The number of nitro benzene ring substituents is 2. The van der Waals surface area contributed by atoms with E-state index in [0.29, 0.717) is 0 Å². The van der Waals surface area contributed by atoms with Crippen molar-refractivity contribution in [1.82, 2.24) is 0 Å². The molecule has 0 heterocycles. The molecule has 0 amide bonds. The maximum Gasteiger partial charge on any atom is 0.299 e. The lowest BCUT2D eigenvalue weighted by molar-refractivity contribution is -0.393. The van der Waals surface area contributed by atoms with Crippen LogP contribution in [-0.2, 0) is 0 Å². The predicted molar refractivity (Wildman–Crippen MR) is 67.3 cm³/mol.